The normalized spacial score (nSPS) is 21.1. The van der Waals surface area contributed by atoms with Gasteiger partial charge < -0.3 is 19.5 Å². The maximum Gasteiger partial charge on any atom is 0.220 e. The van der Waals surface area contributed by atoms with E-state index in [0.29, 0.717) is 17.9 Å². The first-order valence-corrected chi connectivity index (χ1v) is 12.5. The molecule has 3 aliphatic rings. The second-order valence-electron chi connectivity index (χ2n) is 9.59. The number of hydrogen-bond donors (Lipinski definition) is 1. The van der Waals surface area contributed by atoms with E-state index in [0.717, 1.165) is 66.9 Å². The Bertz CT molecular complexity index is 1010. The third kappa shape index (κ3) is 4.65. The first-order valence-electron chi connectivity index (χ1n) is 12.2. The number of amides is 1. The van der Waals surface area contributed by atoms with E-state index in [2.05, 4.69) is 5.32 Å². The summed E-state index contributed by atoms with van der Waals surface area (Å²) in [6.45, 7) is 0. The van der Waals surface area contributed by atoms with E-state index >= 15 is 0 Å². The third-order valence-electron chi connectivity index (χ3n) is 7.36. The summed E-state index contributed by atoms with van der Waals surface area (Å²) in [4.78, 5) is 13.1. The van der Waals surface area contributed by atoms with E-state index < -0.39 is 0 Å². The summed E-state index contributed by atoms with van der Waals surface area (Å²) in [5.41, 5.74) is 1.80. The summed E-state index contributed by atoms with van der Waals surface area (Å²) in [7, 11) is 1.66. The summed E-state index contributed by atoms with van der Waals surface area (Å²) in [5.74, 6) is 2.28. The fourth-order valence-corrected chi connectivity index (χ4v) is 5.61. The highest BCUT2D eigenvalue weighted by Crippen LogP contribution is 2.50. The second-order valence-corrected chi connectivity index (χ2v) is 10.0. The van der Waals surface area contributed by atoms with Gasteiger partial charge in [-0.15, -0.1) is 0 Å². The number of methoxy groups -OCH3 is 1. The molecule has 2 aromatic rings. The molecule has 2 fully saturated rings. The fraction of sp³-hybridized carbons (Fsp3) is 0.519. The quantitative estimate of drug-likeness (QED) is 0.527. The Balaban J connectivity index is 1.28. The summed E-state index contributed by atoms with van der Waals surface area (Å²) < 4.78 is 18.2. The standard InChI is InChI=1S/C27H32ClNO4/c1-31-23-12-4-7-18(25(23)32-19-8-2-3-9-19)13-14-24(30)29-22-17-27(15-6-16-27)33-26-20(22)10-5-11-21(26)28/h4-5,7,10-12,19,22H,2-3,6,8-9,13-17H2,1H3,(H,29,30). The van der Waals surface area contributed by atoms with Gasteiger partial charge in [0.1, 0.15) is 11.4 Å². The number of carbonyl (C=O) groups excluding carboxylic acids is 1. The molecule has 0 bridgehead atoms. The number of rotatable bonds is 7. The van der Waals surface area contributed by atoms with Crippen LogP contribution in [0.2, 0.25) is 5.02 Å². The number of benzene rings is 2. The molecule has 33 heavy (non-hydrogen) atoms. The fourth-order valence-electron chi connectivity index (χ4n) is 5.39. The second kappa shape index (κ2) is 9.46. The molecule has 0 aromatic heterocycles. The van der Waals surface area contributed by atoms with Gasteiger partial charge in [0, 0.05) is 18.4 Å². The summed E-state index contributed by atoms with van der Waals surface area (Å²) in [6, 6.07) is 11.6. The van der Waals surface area contributed by atoms with Gasteiger partial charge >= 0.3 is 0 Å². The van der Waals surface area contributed by atoms with Gasteiger partial charge in [0.15, 0.2) is 11.5 Å². The van der Waals surface area contributed by atoms with E-state index in [-0.39, 0.29) is 23.7 Å². The number of halogens is 1. The summed E-state index contributed by atoms with van der Waals surface area (Å²) in [6.07, 6.45) is 9.74. The SMILES string of the molecule is COc1cccc(CCC(=O)NC2CC3(CCC3)Oc3c(Cl)cccc32)c1OC1CCCC1. The molecule has 176 valence electrons. The van der Waals surface area contributed by atoms with Crippen molar-refractivity contribution in [2.24, 2.45) is 0 Å². The zero-order valence-electron chi connectivity index (χ0n) is 19.2. The lowest BCUT2D eigenvalue weighted by atomic mass is 9.73. The lowest BCUT2D eigenvalue weighted by Gasteiger charge is -2.48. The van der Waals surface area contributed by atoms with Gasteiger partial charge in [-0.05, 0) is 69.1 Å². The number of aryl methyl sites for hydroxylation is 1. The van der Waals surface area contributed by atoms with E-state index in [4.69, 9.17) is 25.8 Å². The lowest BCUT2D eigenvalue weighted by molar-refractivity contribution is -0.123. The van der Waals surface area contributed by atoms with Crippen LogP contribution in [0.3, 0.4) is 0 Å². The largest absolute Gasteiger partial charge is 0.493 e. The van der Waals surface area contributed by atoms with Crippen LogP contribution in [0.1, 0.15) is 75.0 Å². The van der Waals surface area contributed by atoms with Crippen LogP contribution in [0.25, 0.3) is 0 Å². The number of fused-ring (bicyclic) bond motifs is 1. The molecule has 1 unspecified atom stereocenters. The molecule has 5 rings (SSSR count). The molecule has 5 nitrogen and oxygen atoms in total. The van der Waals surface area contributed by atoms with Crippen LogP contribution in [-0.2, 0) is 11.2 Å². The van der Waals surface area contributed by atoms with Crippen LogP contribution in [0.5, 0.6) is 17.2 Å². The zero-order valence-corrected chi connectivity index (χ0v) is 20.0. The van der Waals surface area contributed by atoms with Crippen molar-refractivity contribution >= 4 is 17.5 Å². The zero-order chi connectivity index (χ0) is 22.8. The predicted molar refractivity (Wildman–Crippen MR) is 128 cm³/mol. The molecule has 2 aliphatic carbocycles. The molecule has 0 saturated heterocycles. The third-order valence-corrected chi connectivity index (χ3v) is 7.65. The van der Waals surface area contributed by atoms with E-state index in [1.165, 1.54) is 12.8 Å². The van der Waals surface area contributed by atoms with Gasteiger partial charge in [-0.25, -0.2) is 0 Å². The van der Waals surface area contributed by atoms with Gasteiger partial charge in [-0.3, -0.25) is 4.79 Å². The number of carbonyl (C=O) groups is 1. The average Bonchev–Trinajstić information content (AvgIpc) is 3.31. The van der Waals surface area contributed by atoms with Crippen molar-refractivity contribution in [1.29, 1.82) is 0 Å². The van der Waals surface area contributed by atoms with Gasteiger partial charge in [0.25, 0.3) is 0 Å². The molecule has 1 atom stereocenters. The van der Waals surface area contributed by atoms with Crippen molar-refractivity contribution < 1.29 is 19.0 Å². The van der Waals surface area contributed by atoms with Crippen LogP contribution in [-0.4, -0.2) is 24.7 Å². The van der Waals surface area contributed by atoms with Crippen LogP contribution >= 0.6 is 11.6 Å². The molecule has 1 amide bonds. The molecule has 2 aromatic carbocycles. The summed E-state index contributed by atoms with van der Waals surface area (Å²) in [5, 5.41) is 3.88. The molecule has 2 saturated carbocycles. The number of nitrogens with one attached hydrogen (secondary N) is 1. The smallest absolute Gasteiger partial charge is 0.220 e. The van der Waals surface area contributed by atoms with E-state index in [9.17, 15) is 4.79 Å². The number of para-hydroxylation sites is 2. The molecule has 1 N–H and O–H groups in total. The Hall–Kier alpha value is -2.40. The molecule has 1 spiro atoms. The molecule has 0 radical (unpaired) electrons. The van der Waals surface area contributed by atoms with Crippen LogP contribution in [0.4, 0.5) is 0 Å². The molecule has 1 heterocycles. The van der Waals surface area contributed by atoms with Crippen molar-refractivity contribution in [1.82, 2.24) is 5.32 Å². The van der Waals surface area contributed by atoms with Crippen LogP contribution in [0, 0.1) is 0 Å². The van der Waals surface area contributed by atoms with Crippen molar-refractivity contribution in [2.75, 3.05) is 7.11 Å². The van der Waals surface area contributed by atoms with Crippen molar-refractivity contribution in [3.63, 3.8) is 0 Å². The van der Waals surface area contributed by atoms with E-state index in [1.54, 1.807) is 7.11 Å². The molecular formula is C27H32ClNO4. The average molecular weight is 470 g/mol. The maximum atomic E-state index is 13.1. The van der Waals surface area contributed by atoms with Gasteiger partial charge in [0.05, 0.1) is 24.3 Å². The predicted octanol–water partition coefficient (Wildman–Crippen LogP) is 6.17. The van der Waals surface area contributed by atoms with Crippen molar-refractivity contribution in [3.8, 4) is 17.2 Å². The first kappa shape index (κ1) is 22.4. The minimum absolute atomic E-state index is 0.0249. The maximum absolute atomic E-state index is 13.1. The Morgan fingerprint density at radius 3 is 2.67 bits per heavy atom. The van der Waals surface area contributed by atoms with Gasteiger partial charge in [-0.2, -0.15) is 0 Å². The van der Waals surface area contributed by atoms with Gasteiger partial charge in [-0.1, -0.05) is 35.9 Å². The molecule has 6 heteroatoms. The van der Waals surface area contributed by atoms with Crippen molar-refractivity contribution in [3.05, 3.63) is 52.5 Å². The Kier molecular flexibility index (Phi) is 6.42. The van der Waals surface area contributed by atoms with E-state index in [1.807, 2.05) is 36.4 Å². The lowest BCUT2D eigenvalue weighted by Crippen LogP contribution is -2.49. The Labute approximate surface area is 200 Å². The monoisotopic (exact) mass is 469 g/mol. The molecular weight excluding hydrogens is 438 g/mol. The molecule has 1 aliphatic heterocycles. The van der Waals surface area contributed by atoms with Crippen LogP contribution < -0.4 is 19.5 Å². The first-order chi connectivity index (χ1) is 16.1. The number of hydrogen-bond acceptors (Lipinski definition) is 4. The summed E-state index contributed by atoms with van der Waals surface area (Å²) >= 11 is 6.45. The highest BCUT2D eigenvalue weighted by Gasteiger charge is 2.46. The van der Waals surface area contributed by atoms with Gasteiger partial charge in [0.2, 0.25) is 5.91 Å². The highest BCUT2D eigenvalue weighted by molar-refractivity contribution is 6.32. The highest BCUT2D eigenvalue weighted by atomic mass is 35.5. The minimum atomic E-state index is -0.189. The Morgan fingerprint density at radius 1 is 1.15 bits per heavy atom. The minimum Gasteiger partial charge on any atom is -0.493 e. The topological polar surface area (TPSA) is 56.8 Å². The van der Waals surface area contributed by atoms with Crippen molar-refractivity contribution in [2.45, 2.75) is 82.0 Å². The number of ether oxygens (including phenoxy) is 3. The Morgan fingerprint density at radius 2 is 1.94 bits per heavy atom. The van der Waals surface area contributed by atoms with Crippen LogP contribution in [0.15, 0.2) is 36.4 Å².